The van der Waals surface area contributed by atoms with Gasteiger partial charge in [-0.25, -0.2) is 0 Å². The van der Waals surface area contributed by atoms with E-state index in [0.29, 0.717) is 0 Å². The van der Waals surface area contributed by atoms with E-state index in [4.69, 9.17) is 0 Å². The summed E-state index contributed by atoms with van der Waals surface area (Å²) in [6.07, 6.45) is 5.53. The molecule has 0 amide bonds. The number of fused-ring (bicyclic) bond motifs is 1. The fraction of sp³-hybridized carbons (Fsp3) is 0.529. The molecule has 3 nitrogen and oxygen atoms in total. The third-order valence-electron chi connectivity index (χ3n) is 4.00. The Hall–Kier alpha value is -1.32. The molecule has 1 heterocycles. The quantitative estimate of drug-likeness (QED) is 0.848. The number of aromatic nitrogens is 1. The van der Waals surface area contributed by atoms with Crippen LogP contribution in [0.2, 0.25) is 0 Å². The predicted octanol–water partition coefficient (Wildman–Crippen LogP) is 3.05. The summed E-state index contributed by atoms with van der Waals surface area (Å²) in [6, 6.07) is 9.40. The smallest absolute Gasteiger partial charge is 0.0608 e. The van der Waals surface area contributed by atoms with Crippen molar-refractivity contribution in [3.05, 3.63) is 36.0 Å². The van der Waals surface area contributed by atoms with Crippen LogP contribution in [0.3, 0.4) is 0 Å². The summed E-state index contributed by atoms with van der Waals surface area (Å²) in [5.74, 6) is 0. The molecular weight excluding hydrogens is 248 g/mol. The first-order valence-electron chi connectivity index (χ1n) is 7.55. The normalized spacial score (nSPS) is 15.9. The van der Waals surface area contributed by atoms with Crippen molar-refractivity contribution in [2.75, 3.05) is 0 Å². The van der Waals surface area contributed by atoms with Crippen LogP contribution in [-0.4, -0.2) is 21.3 Å². The van der Waals surface area contributed by atoms with Crippen LogP contribution >= 0.6 is 0 Å². The van der Waals surface area contributed by atoms with Crippen LogP contribution in [-0.2, 0) is 13.1 Å². The van der Waals surface area contributed by atoms with Crippen molar-refractivity contribution in [2.24, 2.45) is 0 Å². The summed E-state index contributed by atoms with van der Waals surface area (Å²) in [6.45, 7) is 5.53. The number of rotatable bonds is 6. The Morgan fingerprint density at radius 1 is 1.30 bits per heavy atom. The zero-order chi connectivity index (χ0) is 14.2. The third-order valence-corrected chi connectivity index (χ3v) is 4.00. The van der Waals surface area contributed by atoms with Crippen LogP contribution in [0.1, 0.15) is 38.7 Å². The molecule has 1 aromatic carbocycles. The molecule has 3 heteroatoms. The van der Waals surface area contributed by atoms with Crippen LogP contribution < -0.4 is 5.32 Å². The Morgan fingerprint density at radius 2 is 2.10 bits per heavy atom. The van der Waals surface area contributed by atoms with E-state index in [1.54, 1.807) is 0 Å². The van der Waals surface area contributed by atoms with Gasteiger partial charge in [-0.1, -0.05) is 18.2 Å². The zero-order valence-electron chi connectivity index (χ0n) is 12.4. The second-order valence-corrected chi connectivity index (χ2v) is 6.58. The first kappa shape index (κ1) is 13.7. The van der Waals surface area contributed by atoms with Crippen molar-refractivity contribution < 1.29 is 5.11 Å². The average molecular weight is 272 g/mol. The van der Waals surface area contributed by atoms with E-state index in [2.05, 4.69) is 40.3 Å². The third kappa shape index (κ3) is 3.22. The number of hydrogen-bond donors (Lipinski definition) is 2. The SMILES string of the molecule is CC(C)(O)CCn1ccc2cccc(CNC3CC3)c21. The van der Waals surface area contributed by atoms with Gasteiger partial charge in [0, 0.05) is 25.3 Å². The van der Waals surface area contributed by atoms with Gasteiger partial charge in [0.2, 0.25) is 0 Å². The Balaban J connectivity index is 1.83. The Labute approximate surface area is 120 Å². The molecule has 1 fully saturated rings. The molecule has 2 N–H and O–H groups in total. The van der Waals surface area contributed by atoms with Crippen LogP contribution in [0, 0.1) is 0 Å². The second kappa shape index (κ2) is 5.23. The van der Waals surface area contributed by atoms with Gasteiger partial charge in [-0.3, -0.25) is 0 Å². The predicted molar refractivity (Wildman–Crippen MR) is 82.7 cm³/mol. The van der Waals surface area contributed by atoms with E-state index in [1.165, 1.54) is 29.3 Å². The van der Waals surface area contributed by atoms with Gasteiger partial charge < -0.3 is 15.0 Å². The maximum atomic E-state index is 9.92. The van der Waals surface area contributed by atoms with E-state index in [-0.39, 0.29) is 0 Å². The average Bonchev–Trinajstić information content (AvgIpc) is 3.12. The standard InChI is InChI=1S/C17H24N2O/c1-17(2,20)9-11-19-10-8-13-4-3-5-14(16(13)19)12-18-15-6-7-15/h3-5,8,10,15,18,20H,6-7,9,11-12H2,1-2H3. The van der Waals surface area contributed by atoms with Crippen molar-refractivity contribution in [1.29, 1.82) is 0 Å². The number of benzene rings is 1. The van der Waals surface area contributed by atoms with Gasteiger partial charge >= 0.3 is 0 Å². The lowest BCUT2D eigenvalue weighted by molar-refractivity contribution is 0.0666. The van der Waals surface area contributed by atoms with Gasteiger partial charge in [0.25, 0.3) is 0 Å². The molecule has 20 heavy (non-hydrogen) atoms. The van der Waals surface area contributed by atoms with Crippen LogP contribution in [0.4, 0.5) is 0 Å². The van der Waals surface area contributed by atoms with Crippen molar-refractivity contribution >= 4 is 10.9 Å². The fourth-order valence-corrected chi connectivity index (χ4v) is 2.61. The first-order valence-corrected chi connectivity index (χ1v) is 7.55. The Bertz CT molecular complexity index is 591. The lowest BCUT2D eigenvalue weighted by Crippen LogP contribution is -2.21. The monoisotopic (exact) mass is 272 g/mol. The Kier molecular flexibility index (Phi) is 3.57. The summed E-state index contributed by atoms with van der Waals surface area (Å²) >= 11 is 0. The highest BCUT2D eigenvalue weighted by atomic mass is 16.3. The number of nitrogens with zero attached hydrogens (tertiary/aromatic N) is 1. The maximum Gasteiger partial charge on any atom is 0.0608 e. The molecule has 1 aliphatic carbocycles. The van der Waals surface area contributed by atoms with Gasteiger partial charge in [-0.2, -0.15) is 0 Å². The van der Waals surface area contributed by atoms with Gasteiger partial charge in [-0.05, 0) is 50.1 Å². The summed E-state index contributed by atoms with van der Waals surface area (Å²) in [5.41, 5.74) is 2.05. The maximum absolute atomic E-state index is 9.92. The van der Waals surface area contributed by atoms with Crippen molar-refractivity contribution in [3.63, 3.8) is 0 Å². The van der Waals surface area contributed by atoms with E-state index >= 15 is 0 Å². The van der Waals surface area contributed by atoms with E-state index in [0.717, 1.165) is 25.6 Å². The zero-order valence-corrected chi connectivity index (χ0v) is 12.4. The summed E-state index contributed by atoms with van der Waals surface area (Å²) < 4.78 is 2.28. The molecule has 0 spiro atoms. The molecule has 1 saturated carbocycles. The fourth-order valence-electron chi connectivity index (χ4n) is 2.61. The molecule has 1 aliphatic rings. The molecule has 0 bridgehead atoms. The van der Waals surface area contributed by atoms with E-state index in [1.807, 2.05) is 13.8 Å². The number of hydrogen-bond acceptors (Lipinski definition) is 2. The number of para-hydroxylation sites is 1. The van der Waals surface area contributed by atoms with Crippen LogP contribution in [0.5, 0.6) is 0 Å². The molecule has 0 aliphatic heterocycles. The number of aliphatic hydroxyl groups is 1. The van der Waals surface area contributed by atoms with Gasteiger partial charge in [0.15, 0.2) is 0 Å². The van der Waals surface area contributed by atoms with Crippen molar-refractivity contribution in [3.8, 4) is 0 Å². The van der Waals surface area contributed by atoms with Crippen LogP contribution in [0.15, 0.2) is 30.5 Å². The van der Waals surface area contributed by atoms with Gasteiger partial charge in [-0.15, -0.1) is 0 Å². The van der Waals surface area contributed by atoms with Crippen molar-refractivity contribution in [2.45, 2.75) is 57.8 Å². The molecule has 2 aromatic rings. The minimum atomic E-state index is -0.613. The lowest BCUT2D eigenvalue weighted by Gasteiger charge is -2.18. The van der Waals surface area contributed by atoms with E-state index < -0.39 is 5.60 Å². The molecule has 0 radical (unpaired) electrons. The highest BCUT2D eigenvalue weighted by Crippen LogP contribution is 2.24. The van der Waals surface area contributed by atoms with Crippen LogP contribution in [0.25, 0.3) is 10.9 Å². The molecule has 0 atom stereocenters. The first-order chi connectivity index (χ1) is 9.53. The van der Waals surface area contributed by atoms with E-state index in [9.17, 15) is 5.11 Å². The van der Waals surface area contributed by atoms with Gasteiger partial charge in [0.05, 0.1) is 11.1 Å². The molecule has 3 rings (SSSR count). The molecule has 108 valence electrons. The summed E-state index contributed by atoms with van der Waals surface area (Å²) in [7, 11) is 0. The minimum absolute atomic E-state index is 0.613. The number of nitrogens with one attached hydrogen (secondary N) is 1. The molecular formula is C17H24N2O. The summed E-state index contributed by atoms with van der Waals surface area (Å²) in [4.78, 5) is 0. The Morgan fingerprint density at radius 3 is 2.80 bits per heavy atom. The number of aryl methyl sites for hydroxylation is 1. The minimum Gasteiger partial charge on any atom is -0.390 e. The molecule has 1 aromatic heterocycles. The second-order valence-electron chi connectivity index (χ2n) is 6.58. The highest BCUT2D eigenvalue weighted by molar-refractivity contribution is 5.83. The van der Waals surface area contributed by atoms with Gasteiger partial charge in [0.1, 0.15) is 0 Å². The molecule has 0 saturated heterocycles. The highest BCUT2D eigenvalue weighted by Gasteiger charge is 2.20. The van der Waals surface area contributed by atoms with Crippen molar-refractivity contribution in [1.82, 2.24) is 9.88 Å². The molecule has 0 unspecified atom stereocenters. The topological polar surface area (TPSA) is 37.2 Å². The summed E-state index contributed by atoms with van der Waals surface area (Å²) in [5, 5.41) is 14.8. The largest absolute Gasteiger partial charge is 0.390 e. The lowest BCUT2D eigenvalue weighted by atomic mass is 10.1.